The highest BCUT2D eigenvalue weighted by Gasteiger charge is 2.66. The lowest BCUT2D eigenvalue weighted by molar-refractivity contribution is -0.241. The van der Waals surface area contributed by atoms with Crippen molar-refractivity contribution in [3.8, 4) is 0 Å². The number of aliphatic hydroxyl groups excluding tert-OH is 1. The lowest BCUT2D eigenvalue weighted by Gasteiger charge is -2.65. The van der Waals surface area contributed by atoms with Crippen LogP contribution in [0.2, 0.25) is 0 Å². The van der Waals surface area contributed by atoms with Gasteiger partial charge in [0.05, 0.1) is 11.7 Å². The van der Waals surface area contributed by atoms with E-state index >= 15 is 0 Å². The molecule has 4 aliphatic carbocycles. The van der Waals surface area contributed by atoms with Gasteiger partial charge in [-0.15, -0.1) is 0 Å². The van der Waals surface area contributed by atoms with Gasteiger partial charge in [-0.1, -0.05) is 27.2 Å². The molecule has 22 heavy (non-hydrogen) atoms. The van der Waals surface area contributed by atoms with Gasteiger partial charge in [-0.05, 0) is 85.9 Å². The van der Waals surface area contributed by atoms with Crippen LogP contribution in [0.1, 0.15) is 78.6 Å². The zero-order valence-corrected chi connectivity index (χ0v) is 14.6. The van der Waals surface area contributed by atoms with E-state index in [2.05, 4.69) is 20.8 Å². The molecule has 0 amide bonds. The van der Waals surface area contributed by atoms with Crippen molar-refractivity contribution in [1.29, 1.82) is 0 Å². The Labute approximate surface area is 135 Å². The Kier molecular flexibility index (Phi) is 3.32. The van der Waals surface area contributed by atoms with Gasteiger partial charge in [0, 0.05) is 0 Å². The van der Waals surface area contributed by atoms with Gasteiger partial charge in [0.15, 0.2) is 0 Å². The molecule has 2 heteroatoms. The first-order chi connectivity index (χ1) is 10.3. The molecule has 4 rings (SSSR count). The zero-order chi connectivity index (χ0) is 15.8. The quantitative estimate of drug-likeness (QED) is 0.706. The molecule has 0 heterocycles. The molecule has 2 nitrogen and oxygen atoms in total. The molecule has 0 aromatic heterocycles. The number of hydrogen-bond donors (Lipinski definition) is 2. The van der Waals surface area contributed by atoms with E-state index in [4.69, 9.17) is 0 Å². The molecule has 4 fully saturated rings. The predicted molar refractivity (Wildman–Crippen MR) is 88.4 cm³/mol. The van der Waals surface area contributed by atoms with E-state index in [0.29, 0.717) is 11.8 Å². The molecule has 2 N–H and O–H groups in total. The van der Waals surface area contributed by atoms with Gasteiger partial charge in [0.2, 0.25) is 0 Å². The van der Waals surface area contributed by atoms with Crippen molar-refractivity contribution in [1.82, 2.24) is 0 Å². The second kappa shape index (κ2) is 4.72. The molecule has 0 radical (unpaired) electrons. The lowest BCUT2D eigenvalue weighted by atomic mass is 9.42. The molecule has 0 aromatic rings. The molecular weight excluding hydrogens is 272 g/mol. The van der Waals surface area contributed by atoms with E-state index in [-0.39, 0.29) is 16.9 Å². The molecule has 8 atom stereocenters. The number of fused-ring (bicyclic) bond motifs is 5. The van der Waals surface area contributed by atoms with Crippen LogP contribution in [0.25, 0.3) is 0 Å². The molecule has 0 aliphatic heterocycles. The van der Waals surface area contributed by atoms with Crippen molar-refractivity contribution in [3.63, 3.8) is 0 Å². The van der Waals surface area contributed by atoms with Crippen molar-refractivity contribution in [2.75, 3.05) is 0 Å². The van der Waals surface area contributed by atoms with Gasteiger partial charge in [-0.2, -0.15) is 0 Å². The Morgan fingerprint density at radius 2 is 1.55 bits per heavy atom. The second-order valence-electron chi connectivity index (χ2n) is 9.81. The summed E-state index contributed by atoms with van der Waals surface area (Å²) >= 11 is 0. The molecule has 0 bridgehead atoms. The molecule has 4 aliphatic rings. The highest BCUT2D eigenvalue weighted by molar-refractivity contribution is 5.16. The van der Waals surface area contributed by atoms with Crippen molar-refractivity contribution < 1.29 is 10.2 Å². The maximum absolute atomic E-state index is 11.9. The minimum absolute atomic E-state index is 0.0698. The Morgan fingerprint density at radius 3 is 2.32 bits per heavy atom. The van der Waals surface area contributed by atoms with Crippen LogP contribution in [0, 0.1) is 34.5 Å². The van der Waals surface area contributed by atoms with Crippen LogP contribution in [-0.4, -0.2) is 21.9 Å². The van der Waals surface area contributed by atoms with E-state index in [9.17, 15) is 10.2 Å². The van der Waals surface area contributed by atoms with Gasteiger partial charge in [0.25, 0.3) is 0 Å². The Bertz CT molecular complexity index is 463. The second-order valence-corrected chi connectivity index (χ2v) is 9.81. The predicted octanol–water partition coefficient (Wildman–Crippen LogP) is 4.14. The third kappa shape index (κ3) is 1.75. The van der Waals surface area contributed by atoms with Gasteiger partial charge in [-0.3, -0.25) is 0 Å². The van der Waals surface area contributed by atoms with Crippen molar-refractivity contribution in [3.05, 3.63) is 0 Å². The zero-order valence-electron chi connectivity index (χ0n) is 14.6. The molecule has 126 valence electrons. The van der Waals surface area contributed by atoms with Gasteiger partial charge in [-0.25, -0.2) is 0 Å². The van der Waals surface area contributed by atoms with Gasteiger partial charge in [0.1, 0.15) is 0 Å². The average Bonchev–Trinajstić information content (AvgIpc) is 2.76. The molecule has 0 saturated heterocycles. The standard InChI is InChI=1S/C20H34O2/c1-13-4-5-14-6-7-16-15-8-9-17(21)18(15,2)10-11-20(16,22)19(14,3)12-13/h13-17,21-22H,4-12H2,1-3H3/t13-,14+,15-,16-,17-,18-,19-,20+/m0/s1. The highest BCUT2D eigenvalue weighted by Crippen LogP contribution is 2.68. The van der Waals surface area contributed by atoms with Crippen LogP contribution in [0.3, 0.4) is 0 Å². The van der Waals surface area contributed by atoms with E-state index in [0.717, 1.165) is 37.5 Å². The number of rotatable bonds is 0. The summed E-state index contributed by atoms with van der Waals surface area (Å²) in [6, 6.07) is 0. The fourth-order valence-corrected chi connectivity index (χ4v) is 7.55. The van der Waals surface area contributed by atoms with E-state index in [1.165, 1.54) is 32.1 Å². The summed E-state index contributed by atoms with van der Waals surface area (Å²) in [6.07, 6.45) is 10.2. The summed E-state index contributed by atoms with van der Waals surface area (Å²) in [6.45, 7) is 7.08. The molecule has 0 unspecified atom stereocenters. The first-order valence-corrected chi connectivity index (χ1v) is 9.72. The van der Waals surface area contributed by atoms with Crippen molar-refractivity contribution in [2.45, 2.75) is 90.3 Å². The van der Waals surface area contributed by atoms with E-state index < -0.39 is 5.60 Å². The fraction of sp³-hybridized carbons (Fsp3) is 1.00. The number of aliphatic hydroxyl groups is 2. The van der Waals surface area contributed by atoms with Crippen molar-refractivity contribution >= 4 is 0 Å². The maximum Gasteiger partial charge on any atom is 0.0734 e. The smallest absolute Gasteiger partial charge is 0.0734 e. The first kappa shape index (κ1) is 15.4. The Hall–Kier alpha value is -0.0800. The van der Waals surface area contributed by atoms with Crippen LogP contribution in [-0.2, 0) is 0 Å². The summed E-state index contributed by atoms with van der Waals surface area (Å²) in [4.78, 5) is 0. The average molecular weight is 306 g/mol. The van der Waals surface area contributed by atoms with Gasteiger partial charge < -0.3 is 10.2 Å². The van der Waals surface area contributed by atoms with Gasteiger partial charge >= 0.3 is 0 Å². The first-order valence-electron chi connectivity index (χ1n) is 9.72. The van der Waals surface area contributed by atoms with Crippen LogP contribution in [0.4, 0.5) is 0 Å². The third-order valence-corrected chi connectivity index (χ3v) is 9.00. The minimum Gasteiger partial charge on any atom is -0.393 e. The van der Waals surface area contributed by atoms with E-state index in [1.54, 1.807) is 0 Å². The molecule has 0 aromatic carbocycles. The molecule has 4 saturated carbocycles. The fourth-order valence-electron chi connectivity index (χ4n) is 7.55. The molecule has 0 spiro atoms. The highest BCUT2D eigenvalue weighted by atomic mass is 16.3. The van der Waals surface area contributed by atoms with E-state index in [1.807, 2.05) is 0 Å². The largest absolute Gasteiger partial charge is 0.393 e. The summed E-state index contributed by atoms with van der Waals surface area (Å²) < 4.78 is 0. The van der Waals surface area contributed by atoms with Crippen molar-refractivity contribution in [2.24, 2.45) is 34.5 Å². The molecular formula is C20H34O2. The van der Waals surface area contributed by atoms with Crippen LogP contribution < -0.4 is 0 Å². The number of hydrogen-bond acceptors (Lipinski definition) is 2. The SMILES string of the molecule is C[C@H]1CC[C@@H]2CC[C@H]3[C@@H]4CC[C@H](O)[C@@]4(C)CC[C@]3(O)[C@@]2(C)C1. The normalized spacial score (nSPS) is 61.2. The lowest BCUT2D eigenvalue weighted by Crippen LogP contribution is -2.65. The Morgan fingerprint density at radius 1 is 0.864 bits per heavy atom. The summed E-state index contributed by atoms with van der Waals surface area (Å²) in [5.41, 5.74) is -0.290. The maximum atomic E-state index is 11.9. The van der Waals surface area contributed by atoms with Crippen LogP contribution in [0.5, 0.6) is 0 Å². The summed E-state index contributed by atoms with van der Waals surface area (Å²) in [5.74, 6) is 2.44. The summed E-state index contributed by atoms with van der Waals surface area (Å²) in [5, 5.41) is 22.4. The minimum atomic E-state index is -0.473. The van der Waals surface area contributed by atoms with Crippen LogP contribution in [0.15, 0.2) is 0 Å². The monoisotopic (exact) mass is 306 g/mol. The summed E-state index contributed by atoms with van der Waals surface area (Å²) in [7, 11) is 0. The van der Waals surface area contributed by atoms with Crippen LogP contribution >= 0.6 is 0 Å². The topological polar surface area (TPSA) is 40.5 Å². The third-order valence-electron chi connectivity index (χ3n) is 9.00. The Balaban J connectivity index is 1.71.